The van der Waals surface area contributed by atoms with Gasteiger partial charge in [-0.15, -0.1) is 0 Å². The first-order chi connectivity index (χ1) is 11.2. The lowest BCUT2D eigenvalue weighted by Crippen LogP contribution is -2.37. The Morgan fingerprint density at radius 3 is 2.78 bits per heavy atom. The zero-order valence-electron chi connectivity index (χ0n) is 12.7. The molecule has 0 N–H and O–H groups in total. The van der Waals surface area contributed by atoms with Gasteiger partial charge in [0.2, 0.25) is 5.91 Å². The van der Waals surface area contributed by atoms with Gasteiger partial charge in [0, 0.05) is 19.3 Å². The summed E-state index contributed by atoms with van der Waals surface area (Å²) in [5.41, 5.74) is 3.30. The number of hydrogen-bond acceptors (Lipinski definition) is 1. The van der Waals surface area contributed by atoms with Crippen molar-refractivity contribution < 1.29 is 9.18 Å². The molecule has 0 saturated carbocycles. The largest absolute Gasteiger partial charge is 0.338 e. The molecule has 116 valence electrons. The number of carbonyl (C=O) groups excluding carboxylic acids is 1. The predicted molar refractivity (Wildman–Crippen MR) is 87.5 cm³/mol. The molecule has 3 nitrogen and oxygen atoms in total. The van der Waals surface area contributed by atoms with Crippen molar-refractivity contribution in [3.05, 3.63) is 71.7 Å². The number of benzene rings is 2. The number of nitrogens with zero attached hydrogens (tertiary/aromatic N) is 2. The van der Waals surface area contributed by atoms with Crippen LogP contribution in [-0.4, -0.2) is 21.9 Å². The molecule has 1 amide bonds. The quantitative estimate of drug-likeness (QED) is 0.712. The maximum absolute atomic E-state index is 13.4. The van der Waals surface area contributed by atoms with E-state index in [1.807, 2.05) is 33.9 Å². The third-order valence-corrected chi connectivity index (χ3v) is 4.52. The number of hydrogen-bond donors (Lipinski definition) is 0. The Kier molecular flexibility index (Phi) is 3.37. The average Bonchev–Trinajstić information content (AvgIpc) is 2.96. The molecule has 2 aromatic carbocycles. The van der Waals surface area contributed by atoms with Gasteiger partial charge in [0.25, 0.3) is 0 Å². The molecule has 0 aliphatic carbocycles. The smallest absolute Gasteiger partial charge is 0.242 e. The molecule has 0 radical (unpaired) electrons. The molecule has 0 atom stereocenters. The lowest BCUT2D eigenvalue weighted by Gasteiger charge is -2.29. The van der Waals surface area contributed by atoms with E-state index in [-0.39, 0.29) is 18.3 Å². The van der Waals surface area contributed by atoms with Crippen LogP contribution in [0.3, 0.4) is 0 Å². The van der Waals surface area contributed by atoms with Gasteiger partial charge in [0.15, 0.2) is 0 Å². The molecule has 1 aliphatic rings. The van der Waals surface area contributed by atoms with E-state index >= 15 is 0 Å². The lowest BCUT2D eigenvalue weighted by atomic mass is 10.00. The van der Waals surface area contributed by atoms with Gasteiger partial charge in [0.1, 0.15) is 12.4 Å². The first-order valence-corrected chi connectivity index (χ1v) is 7.80. The van der Waals surface area contributed by atoms with E-state index in [1.54, 1.807) is 6.07 Å². The fraction of sp³-hybridized carbons (Fsp3) is 0.211. The summed E-state index contributed by atoms with van der Waals surface area (Å²) in [5, 5.41) is 0.947. The highest BCUT2D eigenvalue weighted by molar-refractivity contribution is 5.83. The van der Waals surface area contributed by atoms with Gasteiger partial charge < -0.3 is 9.47 Å². The van der Waals surface area contributed by atoms with E-state index in [1.165, 1.54) is 23.3 Å². The number of halogens is 1. The summed E-state index contributed by atoms with van der Waals surface area (Å²) in [6.45, 7) is 1.64. The van der Waals surface area contributed by atoms with Gasteiger partial charge in [-0.1, -0.05) is 24.3 Å². The van der Waals surface area contributed by atoms with Crippen LogP contribution in [0.15, 0.2) is 54.7 Å². The molecule has 3 aromatic rings. The molecule has 0 unspecified atom stereocenters. The number of rotatable bonds is 2. The SMILES string of the molecule is O=C(Cn1ccc2ccc(F)cc21)N1CCc2ccccc2C1. The van der Waals surface area contributed by atoms with Gasteiger partial charge in [-0.25, -0.2) is 4.39 Å². The molecule has 4 heteroatoms. The van der Waals surface area contributed by atoms with E-state index in [0.29, 0.717) is 6.54 Å². The van der Waals surface area contributed by atoms with Crippen molar-refractivity contribution in [1.29, 1.82) is 0 Å². The summed E-state index contributed by atoms with van der Waals surface area (Å²) in [6, 6.07) is 14.8. The molecule has 4 rings (SSSR count). The molecule has 0 saturated heterocycles. The first-order valence-electron chi connectivity index (χ1n) is 7.80. The monoisotopic (exact) mass is 308 g/mol. The maximum atomic E-state index is 13.4. The lowest BCUT2D eigenvalue weighted by molar-refractivity contribution is -0.132. The summed E-state index contributed by atoms with van der Waals surface area (Å²) < 4.78 is 15.3. The zero-order chi connectivity index (χ0) is 15.8. The van der Waals surface area contributed by atoms with E-state index in [4.69, 9.17) is 0 Å². The molecule has 0 bridgehead atoms. The molecule has 23 heavy (non-hydrogen) atoms. The Hall–Kier alpha value is -2.62. The van der Waals surface area contributed by atoms with Crippen molar-refractivity contribution in [2.45, 2.75) is 19.5 Å². The summed E-state index contributed by atoms with van der Waals surface area (Å²) in [5.74, 6) is -0.210. The van der Waals surface area contributed by atoms with Crippen LogP contribution < -0.4 is 0 Å². The van der Waals surface area contributed by atoms with Crippen molar-refractivity contribution in [2.24, 2.45) is 0 Å². The van der Waals surface area contributed by atoms with E-state index in [9.17, 15) is 9.18 Å². The fourth-order valence-electron chi connectivity index (χ4n) is 3.25. The van der Waals surface area contributed by atoms with Crippen LogP contribution in [0.4, 0.5) is 4.39 Å². The van der Waals surface area contributed by atoms with Crippen LogP contribution in [0.5, 0.6) is 0 Å². The molecule has 1 aromatic heterocycles. The molecular weight excluding hydrogens is 291 g/mol. The topological polar surface area (TPSA) is 25.2 Å². The van der Waals surface area contributed by atoms with Crippen LogP contribution in [0.1, 0.15) is 11.1 Å². The highest BCUT2D eigenvalue weighted by atomic mass is 19.1. The summed E-state index contributed by atoms with van der Waals surface area (Å²) >= 11 is 0. The summed E-state index contributed by atoms with van der Waals surface area (Å²) in [6.07, 6.45) is 2.74. The Labute approximate surface area is 133 Å². The maximum Gasteiger partial charge on any atom is 0.242 e. The van der Waals surface area contributed by atoms with E-state index in [0.717, 1.165) is 23.9 Å². The Balaban J connectivity index is 1.55. The normalized spacial score (nSPS) is 14.0. The standard InChI is InChI=1S/C19H17FN2O/c20-17-6-5-15-8-9-21(18(15)11-17)13-19(23)22-10-7-14-3-1-2-4-16(14)12-22/h1-6,8-9,11H,7,10,12-13H2. The van der Waals surface area contributed by atoms with Crippen molar-refractivity contribution in [1.82, 2.24) is 9.47 Å². The Bertz CT molecular complexity index is 884. The van der Waals surface area contributed by atoms with Gasteiger partial charge in [-0.3, -0.25) is 4.79 Å². The third kappa shape index (κ3) is 2.61. The number of fused-ring (bicyclic) bond motifs is 2. The third-order valence-electron chi connectivity index (χ3n) is 4.52. The highest BCUT2D eigenvalue weighted by Crippen LogP contribution is 2.20. The molecule has 0 fully saturated rings. The van der Waals surface area contributed by atoms with Gasteiger partial charge in [-0.05, 0) is 47.2 Å². The molecule has 2 heterocycles. The van der Waals surface area contributed by atoms with Gasteiger partial charge in [-0.2, -0.15) is 0 Å². The highest BCUT2D eigenvalue weighted by Gasteiger charge is 2.20. The van der Waals surface area contributed by atoms with E-state index < -0.39 is 0 Å². The second-order valence-corrected chi connectivity index (χ2v) is 5.98. The average molecular weight is 308 g/mol. The predicted octanol–water partition coefficient (Wildman–Crippen LogP) is 3.37. The van der Waals surface area contributed by atoms with Gasteiger partial charge in [0.05, 0.1) is 5.52 Å². The molecule has 1 aliphatic heterocycles. The van der Waals surface area contributed by atoms with Crippen molar-refractivity contribution in [3.63, 3.8) is 0 Å². The number of aromatic nitrogens is 1. The molecular formula is C19H17FN2O. The number of carbonyl (C=O) groups is 1. The second kappa shape index (κ2) is 5.54. The van der Waals surface area contributed by atoms with Crippen LogP contribution in [0.25, 0.3) is 10.9 Å². The zero-order valence-corrected chi connectivity index (χ0v) is 12.7. The van der Waals surface area contributed by atoms with Crippen molar-refractivity contribution >= 4 is 16.8 Å². The first kappa shape index (κ1) is 14.0. The van der Waals surface area contributed by atoms with Crippen molar-refractivity contribution in [3.8, 4) is 0 Å². The van der Waals surface area contributed by atoms with Crippen LogP contribution in [0.2, 0.25) is 0 Å². The second-order valence-electron chi connectivity index (χ2n) is 5.98. The molecule has 0 spiro atoms. The Morgan fingerprint density at radius 2 is 1.91 bits per heavy atom. The van der Waals surface area contributed by atoms with Crippen LogP contribution in [0, 0.1) is 5.82 Å². The van der Waals surface area contributed by atoms with Gasteiger partial charge >= 0.3 is 0 Å². The van der Waals surface area contributed by atoms with Crippen molar-refractivity contribution in [2.75, 3.05) is 6.54 Å². The number of amides is 1. The summed E-state index contributed by atoms with van der Waals surface area (Å²) in [7, 11) is 0. The Morgan fingerprint density at radius 1 is 1.09 bits per heavy atom. The van der Waals surface area contributed by atoms with Crippen LogP contribution >= 0.6 is 0 Å². The minimum absolute atomic E-state index is 0.0706. The minimum atomic E-state index is -0.281. The van der Waals surface area contributed by atoms with E-state index in [2.05, 4.69) is 12.1 Å². The van der Waals surface area contributed by atoms with Crippen LogP contribution in [-0.2, 0) is 24.3 Å². The fourth-order valence-corrected chi connectivity index (χ4v) is 3.25. The summed E-state index contributed by atoms with van der Waals surface area (Å²) in [4.78, 5) is 14.5. The minimum Gasteiger partial charge on any atom is -0.338 e.